The van der Waals surface area contributed by atoms with Gasteiger partial charge >= 0.3 is 0 Å². The summed E-state index contributed by atoms with van der Waals surface area (Å²) in [5.74, 6) is -0.622. The molecule has 0 spiro atoms. The Kier molecular flexibility index (Phi) is 11.5. The summed E-state index contributed by atoms with van der Waals surface area (Å²) < 4.78 is 10.6. The van der Waals surface area contributed by atoms with Crippen molar-refractivity contribution in [3.05, 3.63) is 106 Å². The van der Waals surface area contributed by atoms with E-state index in [4.69, 9.17) is 15.2 Å². The molecule has 0 aliphatic rings. The first kappa shape index (κ1) is 30.4. The maximum atomic E-state index is 13.7. The van der Waals surface area contributed by atoms with Gasteiger partial charge in [-0.1, -0.05) is 66.7 Å². The molecule has 0 fully saturated rings. The van der Waals surface area contributed by atoms with Crippen LogP contribution in [-0.2, 0) is 16.1 Å². The van der Waals surface area contributed by atoms with Crippen LogP contribution in [0.25, 0.3) is 0 Å². The third-order valence-electron chi connectivity index (χ3n) is 6.24. The number of hydrogen-bond donors (Lipinski definition) is 4. The molecule has 3 aromatic carbocycles. The van der Waals surface area contributed by atoms with Crippen LogP contribution >= 0.6 is 0 Å². The van der Waals surface area contributed by atoms with E-state index in [1.54, 1.807) is 18.2 Å². The van der Waals surface area contributed by atoms with Gasteiger partial charge in [-0.15, -0.1) is 0 Å². The molecule has 3 rings (SSSR count). The highest BCUT2D eigenvalue weighted by Crippen LogP contribution is 2.28. The summed E-state index contributed by atoms with van der Waals surface area (Å²) in [6.07, 6.45) is 0.600. The van der Waals surface area contributed by atoms with Crippen LogP contribution < -0.4 is 31.2 Å². The monoisotopic (exact) mass is 562 g/mol. The maximum Gasteiger partial charge on any atom is 0.266 e. The number of ether oxygens (including phenoxy) is 2. The minimum absolute atomic E-state index is 0.188. The van der Waals surface area contributed by atoms with Crippen LogP contribution in [0.15, 0.2) is 84.0 Å². The zero-order valence-corrected chi connectivity index (χ0v) is 22.9. The first-order valence-corrected chi connectivity index (χ1v) is 12.9. The van der Waals surface area contributed by atoms with E-state index in [1.165, 1.54) is 14.2 Å². The van der Waals surface area contributed by atoms with E-state index in [9.17, 15) is 19.7 Å². The zero-order chi connectivity index (χ0) is 29.6. The number of nitrogens with one attached hydrogen (secondary N) is 3. The van der Waals surface area contributed by atoms with Gasteiger partial charge in [-0.2, -0.15) is 0 Å². The molecule has 2 amide bonds. The molecule has 5 N–H and O–H groups in total. The number of nitrogens with two attached hydrogens (primary N) is 1. The number of carbonyl (C=O) groups excluding carboxylic acids is 2. The highest BCUT2D eigenvalue weighted by Gasteiger charge is 2.27. The second kappa shape index (κ2) is 15.5. The van der Waals surface area contributed by atoms with Gasteiger partial charge in [0.05, 0.1) is 20.1 Å². The number of methoxy groups -OCH3 is 2. The van der Waals surface area contributed by atoms with Gasteiger partial charge in [0.1, 0.15) is 11.1 Å². The standard InChI is InChI=1S/C29H34N6O6/c1-40-24-16-15-20(18-25(24)41-2)19-32-27(36)23(14-9-17-31-29(30)34-35(38)39)33-28(37)26(21-10-5-3-6-11-21)22-12-7-4-8-13-22/h3-8,10-13,15-16,18,23,26H,9,14,17,19H2,1-2H3,(H,32,36)(H,33,37)(H3,30,31,34)/t23-/m0/s1. The van der Waals surface area contributed by atoms with Gasteiger partial charge in [-0.3, -0.25) is 9.59 Å². The molecule has 0 unspecified atom stereocenters. The average Bonchev–Trinajstić information content (AvgIpc) is 2.98. The number of hydrogen-bond acceptors (Lipinski definition) is 6. The Morgan fingerprint density at radius 3 is 2.07 bits per heavy atom. The fourth-order valence-electron chi connectivity index (χ4n) is 4.26. The lowest BCUT2D eigenvalue weighted by Crippen LogP contribution is -2.48. The number of guanidine groups is 1. The predicted molar refractivity (Wildman–Crippen MR) is 154 cm³/mol. The molecule has 3 aromatic rings. The maximum absolute atomic E-state index is 13.7. The van der Waals surface area contributed by atoms with Gasteiger partial charge in [-0.05, 0) is 41.7 Å². The topological polar surface area (TPSA) is 170 Å². The van der Waals surface area contributed by atoms with Crippen LogP contribution in [0, 0.1) is 10.1 Å². The van der Waals surface area contributed by atoms with Crippen molar-refractivity contribution in [1.29, 1.82) is 0 Å². The highest BCUT2D eigenvalue weighted by molar-refractivity contribution is 5.92. The Morgan fingerprint density at radius 2 is 1.51 bits per heavy atom. The molecule has 0 bridgehead atoms. The third-order valence-corrected chi connectivity index (χ3v) is 6.24. The van der Waals surface area contributed by atoms with E-state index in [2.05, 4.69) is 21.1 Å². The molecule has 216 valence electrons. The predicted octanol–water partition coefficient (Wildman–Crippen LogP) is 2.51. The van der Waals surface area contributed by atoms with Crippen LogP contribution in [0.5, 0.6) is 11.5 Å². The minimum atomic E-state index is -0.903. The van der Waals surface area contributed by atoms with Crippen molar-refractivity contribution in [3.63, 3.8) is 0 Å². The average molecular weight is 563 g/mol. The van der Waals surface area contributed by atoms with Crippen molar-refractivity contribution in [2.75, 3.05) is 20.8 Å². The number of benzene rings is 3. The molecule has 0 heterocycles. The summed E-state index contributed by atoms with van der Waals surface area (Å²) in [6.45, 7) is 0.395. The highest BCUT2D eigenvalue weighted by atomic mass is 16.7. The van der Waals surface area contributed by atoms with E-state index in [1.807, 2.05) is 60.7 Å². The van der Waals surface area contributed by atoms with Gasteiger partial charge in [0.15, 0.2) is 16.5 Å². The molecule has 0 aliphatic heterocycles. The fraction of sp³-hybridized carbons (Fsp3) is 0.276. The summed E-state index contributed by atoms with van der Waals surface area (Å²) >= 11 is 0. The van der Waals surface area contributed by atoms with E-state index >= 15 is 0 Å². The van der Waals surface area contributed by atoms with Crippen LogP contribution in [0.3, 0.4) is 0 Å². The van der Waals surface area contributed by atoms with Gasteiger partial charge in [0.2, 0.25) is 11.8 Å². The van der Waals surface area contributed by atoms with Crippen LogP contribution in [0.1, 0.15) is 35.4 Å². The Bertz CT molecular complexity index is 1300. The number of rotatable bonds is 14. The first-order valence-electron chi connectivity index (χ1n) is 12.9. The summed E-state index contributed by atoms with van der Waals surface area (Å²) in [6, 6.07) is 23.0. The lowest BCUT2D eigenvalue weighted by atomic mass is 9.90. The van der Waals surface area contributed by atoms with Gasteiger partial charge in [0.25, 0.3) is 5.96 Å². The second-order valence-electron chi connectivity index (χ2n) is 9.01. The van der Waals surface area contributed by atoms with Crippen molar-refractivity contribution in [2.24, 2.45) is 10.8 Å². The quantitative estimate of drug-likeness (QED) is 0.0763. The zero-order valence-electron chi connectivity index (χ0n) is 22.9. The number of hydrazone groups is 1. The normalized spacial score (nSPS) is 11.8. The lowest BCUT2D eigenvalue weighted by molar-refractivity contribution is -0.485. The van der Waals surface area contributed by atoms with Crippen molar-refractivity contribution < 1.29 is 24.1 Å². The molecule has 0 aliphatic carbocycles. The molecule has 0 aromatic heterocycles. The smallest absolute Gasteiger partial charge is 0.266 e. The third kappa shape index (κ3) is 9.24. The molecule has 0 radical (unpaired) electrons. The summed E-state index contributed by atoms with van der Waals surface area (Å²) in [7, 11) is 3.06. The number of amides is 2. The SMILES string of the molecule is COc1ccc(CNC(=O)[C@H](CCCNC(N)=N[N+](=O)[O-])NC(=O)C(c2ccccc2)c2ccccc2)cc1OC. The van der Waals surface area contributed by atoms with E-state index in [0.29, 0.717) is 17.9 Å². The molecule has 12 heteroatoms. The Labute approximate surface area is 238 Å². The van der Waals surface area contributed by atoms with Crippen molar-refractivity contribution in [3.8, 4) is 11.5 Å². The Hall–Kier alpha value is -5.13. The van der Waals surface area contributed by atoms with Gasteiger partial charge in [-0.25, -0.2) is 10.1 Å². The summed E-state index contributed by atoms with van der Waals surface area (Å²) in [5.41, 5.74) is 7.83. The van der Waals surface area contributed by atoms with Gasteiger partial charge < -0.3 is 31.2 Å². The van der Waals surface area contributed by atoms with Crippen LogP contribution in [-0.4, -0.2) is 49.6 Å². The van der Waals surface area contributed by atoms with E-state index < -0.39 is 17.0 Å². The van der Waals surface area contributed by atoms with E-state index in [0.717, 1.165) is 16.7 Å². The van der Waals surface area contributed by atoms with Crippen molar-refractivity contribution in [2.45, 2.75) is 31.3 Å². The molecular weight excluding hydrogens is 528 g/mol. The minimum Gasteiger partial charge on any atom is -0.493 e. The number of nitrogens with zero attached hydrogens (tertiary/aromatic N) is 2. The van der Waals surface area contributed by atoms with Crippen LogP contribution in [0.4, 0.5) is 0 Å². The van der Waals surface area contributed by atoms with Gasteiger partial charge in [0, 0.05) is 13.1 Å². The molecule has 0 saturated carbocycles. The number of nitro groups is 1. The molecule has 41 heavy (non-hydrogen) atoms. The molecule has 0 saturated heterocycles. The molecular formula is C29H34N6O6. The molecule has 12 nitrogen and oxygen atoms in total. The fourth-order valence-corrected chi connectivity index (χ4v) is 4.26. The van der Waals surface area contributed by atoms with Crippen molar-refractivity contribution in [1.82, 2.24) is 16.0 Å². The summed E-state index contributed by atoms with van der Waals surface area (Å²) in [4.78, 5) is 37.6. The molecule has 1 atom stereocenters. The number of carbonyl (C=O) groups is 2. The first-order chi connectivity index (χ1) is 19.8. The summed E-state index contributed by atoms with van der Waals surface area (Å²) in [5, 5.41) is 21.0. The Morgan fingerprint density at radius 1 is 0.902 bits per heavy atom. The Balaban J connectivity index is 1.77. The second-order valence-corrected chi connectivity index (χ2v) is 9.01. The largest absolute Gasteiger partial charge is 0.493 e. The van der Waals surface area contributed by atoms with Crippen LogP contribution in [0.2, 0.25) is 0 Å². The van der Waals surface area contributed by atoms with Crippen molar-refractivity contribution >= 4 is 17.8 Å². The lowest BCUT2D eigenvalue weighted by Gasteiger charge is -2.23. The van der Waals surface area contributed by atoms with E-state index in [-0.39, 0.29) is 37.3 Å².